The summed E-state index contributed by atoms with van der Waals surface area (Å²) in [5.74, 6) is -0.0872. The minimum absolute atomic E-state index is 0.157. The minimum atomic E-state index is -0.245. The summed E-state index contributed by atoms with van der Waals surface area (Å²) in [6, 6.07) is 10.1. The van der Waals surface area contributed by atoms with E-state index in [1.54, 1.807) is 0 Å². The molecule has 1 saturated heterocycles. The highest BCUT2D eigenvalue weighted by Gasteiger charge is 2.28. The summed E-state index contributed by atoms with van der Waals surface area (Å²) in [7, 11) is 0. The summed E-state index contributed by atoms with van der Waals surface area (Å²) < 4.78 is 4.91. The maximum Gasteiger partial charge on any atom is 0.333 e. The van der Waals surface area contributed by atoms with Crippen LogP contribution in [-0.4, -0.2) is 12.6 Å². The Kier molecular flexibility index (Phi) is 2.35. The Bertz CT molecular complexity index is 354. The van der Waals surface area contributed by atoms with Gasteiger partial charge in [0.15, 0.2) is 0 Å². The van der Waals surface area contributed by atoms with Gasteiger partial charge >= 0.3 is 5.97 Å². The Morgan fingerprint density at radius 3 is 2.64 bits per heavy atom. The van der Waals surface area contributed by atoms with Crippen molar-refractivity contribution >= 4 is 5.97 Å². The number of ether oxygens (including phenoxy) is 1. The fourth-order valence-electron chi connectivity index (χ4n) is 1.62. The molecule has 1 aliphatic rings. The molecule has 2 nitrogen and oxygen atoms in total. The van der Waals surface area contributed by atoms with Crippen LogP contribution in [0, 0.1) is 5.92 Å². The van der Waals surface area contributed by atoms with E-state index in [4.69, 9.17) is 4.74 Å². The molecule has 0 spiro atoms. The highest BCUT2D eigenvalue weighted by molar-refractivity contribution is 5.90. The molecule has 0 N–H and O–H groups in total. The second kappa shape index (κ2) is 3.66. The molecule has 1 aromatic carbocycles. The first kappa shape index (κ1) is 9.00. The van der Waals surface area contributed by atoms with Crippen LogP contribution in [0.25, 0.3) is 0 Å². The number of cyclic esters (lactones) is 1. The van der Waals surface area contributed by atoms with Crippen LogP contribution in [0.15, 0.2) is 42.5 Å². The highest BCUT2D eigenvalue weighted by atomic mass is 16.5. The van der Waals surface area contributed by atoms with Crippen LogP contribution in [0.2, 0.25) is 0 Å². The summed E-state index contributed by atoms with van der Waals surface area (Å²) >= 11 is 0. The van der Waals surface area contributed by atoms with Crippen LogP contribution in [0.3, 0.4) is 0 Å². The molecule has 1 aliphatic heterocycles. The molecule has 0 amide bonds. The third-order valence-electron chi connectivity index (χ3n) is 2.50. The zero-order valence-corrected chi connectivity index (χ0v) is 7.90. The molecule has 1 atom stereocenters. The van der Waals surface area contributed by atoms with Crippen LogP contribution in [0.5, 0.6) is 0 Å². The summed E-state index contributed by atoms with van der Waals surface area (Å²) in [6.07, 6.45) is 0.839. The predicted molar refractivity (Wildman–Crippen MR) is 53.7 cm³/mol. The number of carbonyl (C=O) groups excluding carboxylic acids is 1. The first-order valence-electron chi connectivity index (χ1n) is 4.67. The van der Waals surface area contributed by atoms with Crippen LogP contribution < -0.4 is 0 Å². The van der Waals surface area contributed by atoms with Crippen LogP contribution in [-0.2, 0) is 16.0 Å². The van der Waals surface area contributed by atoms with E-state index in [0.29, 0.717) is 12.2 Å². The molecule has 0 radical (unpaired) electrons. The molecular weight excluding hydrogens is 176 g/mol. The Balaban J connectivity index is 2.06. The van der Waals surface area contributed by atoms with E-state index in [-0.39, 0.29) is 11.9 Å². The van der Waals surface area contributed by atoms with Gasteiger partial charge in [-0.3, -0.25) is 0 Å². The van der Waals surface area contributed by atoms with Crippen molar-refractivity contribution in [1.82, 2.24) is 0 Å². The molecular formula is C12H12O2. The van der Waals surface area contributed by atoms with Crippen molar-refractivity contribution in [2.75, 3.05) is 6.61 Å². The van der Waals surface area contributed by atoms with Crippen LogP contribution in [0.1, 0.15) is 5.56 Å². The Hall–Kier alpha value is -1.57. The quantitative estimate of drug-likeness (QED) is 0.524. The van der Waals surface area contributed by atoms with Crippen LogP contribution in [0.4, 0.5) is 0 Å². The highest BCUT2D eigenvalue weighted by Crippen LogP contribution is 2.23. The van der Waals surface area contributed by atoms with E-state index in [1.807, 2.05) is 18.2 Å². The van der Waals surface area contributed by atoms with Gasteiger partial charge in [0.25, 0.3) is 0 Å². The molecule has 1 heterocycles. The van der Waals surface area contributed by atoms with E-state index in [2.05, 4.69) is 18.7 Å². The van der Waals surface area contributed by atoms with Gasteiger partial charge in [-0.2, -0.15) is 0 Å². The normalized spacial score (nSPS) is 21.0. The fourth-order valence-corrected chi connectivity index (χ4v) is 1.62. The molecule has 14 heavy (non-hydrogen) atoms. The molecule has 0 saturated carbocycles. The summed E-state index contributed by atoms with van der Waals surface area (Å²) in [5.41, 5.74) is 1.82. The smallest absolute Gasteiger partial charge is 0.333 e. The monoisotopic (exact) mass is 188 g/mol. The van der Waals surface area contributed by atoms with E-state index >= 15 is 0 Å². The van der Waals surface area contributed by atoms with Gasteiger partial charge in [0.05, 0.1) is 6.61 Å². The molecule has 2 rings (SSSR count). The second-order valence-corrected chi connectivity index (χ2v) is 3.51. The lowest BCUT2D eigenvalue weighted by Gasteiger charge is -2.06. The lowest BCUT2D eigenvalue weighted by atomic mass is 9.95. The topological polar surface area (TPSA) is 26.3 Å². The summed E-state index contributed by atoms with van der Waals surface area (Å²) in [4.78, 5) is 11.1. The van der Waals surface area contributed by atoms with E-state index < -0.39 is 0 Å². The Morgan fingerprint density at radius 1 is 1.36 bits per heavy atom. The fraction of sp³-hybridized carbons (Fsp3) is 0.250. The zero-order valence-electron chi connectivity index (χ0n) is 7.90. The average molecular weight is 188 g/mol. The van der Waals surface area contributed by atoms with Crippen molar-refractivity contribution in [1.29, 1.82) is 0 Å². The first-order chi connectivity index (χ1) is 6.77. The van der Waals surface area contributed by atoms with Gasteiger partial charge < -0.3 is 4.74 Å². The molecule has 1 aromatic rings. The number of rotatable bonds is 2. The maximum absolute atomic E-state index is 11.1. The largest absolute Gasteiger partial charge is 0.462 e. The van der Waals surface area contributed by atoms with Gasteiger partial charge in [-0.05, 0) is 12.0 Å². The van der Waals surface area contributed by atoms with Crippen molar-refractivity contribution < 1.29 is 9.53 Å². The summed E-state index contributed by atoms with van der Waals surface area (Å²) in [6.45, 7) is 4.22. The molecule has 72 valence electrons. The van der Waals surface area contributed by atoms with Crippen molar-refractivity contribution in [2.45, 2.75) is 6.42 Å². The van der Waals surface area contributed by atoms with E-state index in [1.165, 1.54) is 5.56 Å². The van der Waals surface area contributed by atoms with Gasteiger partial charge in [-0.15, -0.1) is 0 Å². The van der Waals surface area contributed by atoms with Crippen LogP contribution >= 0.6 is 0 Å². The standard InChI is InChI=1S/C12H12O2/c1-9-11(8-14-12(9)13)7-10-5-3-2-4-6-10/h2-6,11H,1,7-8H2/t11-/m1/s1. The van der Waals surface area contributed by atoms with Gasteiger partial charge in [0.1, 0.15) is 0 Å². The Labute approximate surface area is 83.2 Å². The van der Waals surface area contributed by atoms with Gasteiger partial charge in [-0.25, -0.2) is 4.79 Å². The molecule has 0 aromatic heterocycles. The SMILES string of the molecule is C=C1C(=O)OC[C@H]1Cc1ccccc1. The number of hydrogen-bond donors (Lipinski definition) is 0. The summed E-state index contributed by atoms with van der Waals surface area (Å²) in [5, 5.41) is 0. The third kappa shape index (κ3) is 1.69. The van der Waals surface area contributed by atoms with Crippen molar-refractivity contribution in [3.8, 4) is 0 Å². The average Bonchev–Trinajstić information content (AvgIpc) is 2.52. The molecule has 1 fully saturated rings. The molecule has 0 aliphatic carbocycles. The molecule has 0 unspecified atom stereocenters. The van der Waals surface area contributed by atoms with Gasteiger partial charge in [-0.1, -0.05) is 36.9 Å². The number of hydrogen-bond acceptors (Lipinski definition) is 2. The lowest BCUT2D eigenvalue weighted by molar-refractivity contribution is -0.135. The lowest BCUT2D eigenvalue weighted by Crippen LogP contribution is -2.06. The van der Waals surface area contributed by atoms with Gasteiger partial charge in [0.2, 0.25) is 0 Å². The Morgan fingerprint density at radius 2 is 2.07 bits per heavy atom. The maximum atomic E-state index is 11.1. The zero-order chi connectivity index (χ0) is 9.97. The third-order valence-corrected chi connectivity index (χ3v) is 2.50. The van der Waals surface area contributed by atoms with E-state index in [9.17, 15) is 4.79 Å². The number of carbonyl (C=O) groups is 1. The van der Waals surface area contributed by atoms with Crippen molar-refractivity contribution in [3.63, 3.8) is 0 Å². The predicted octanol–water partition coefficient (Wildman–Crippen LogP) is 1.96. The number of benzene rings is 1. The van der Waals surface area contributed by atoms with Crippen molar-refractivity contribution in [2.24, 2.45) is 5.92 Å². The first-order valence-corrected chi connectivity index (χ1v) is 4.67. The molecule has 0 bridgehead atoms. The second-order valence-electron chi connectivity index (χ2n) is 3.51. The van der Waals surface area contributed by atoms with E-state index in [0.717, 1.165) is 6.42 Å². The minimum Gasteiger partial charge on any atom is -0.462 e. The number of esters is 1. The van der Waals surface area contributed by atoms with Crippen molar-refractivity contribution in [3.05, 3.63) is 48.0 Å². The molecule has 2 heteroatoms. The van der Waals surface area contributed by atoms with Gasteiger partial charge in [0, 0.05) is 11.5 Å².